The van der Waals surface area contributed by atoms with Crippen LogP contribution in [-0.4, -0.2) is 47.4 Å². The highest BCUT2D eigenvalue weighted by Gasteiger charge is 2.68. The summed E-state index contributed by atoms with van der Waals surface area (Å²) in [5, 5.41) is 12.7. The maximum atomic E-state index is 12.7. The molecule has 7 heteroatoms. The Bertz CT molecular complexity index is 1130. The Morgan fingerprint density at radius 1 is 0.628 bits per heavy atom. The van der Waals surface area contributed by atoms with E-state index < -0.39 is 11.0 Å². The van der Waals surface area contributed by atoms with Gasteiger partial charge in [0.15, 0.2) is 0 Å². The maximum absolute atomic E-state index is 12.7. The van der Waals surface area contributed by atoms with Crippen LogP contribution in [-0.2, 0) is 28.6 Å². The molecular formula is C36H58O7. The van der Waals surface area contributed by atoms with E-state index in [9.17, 15) is 19.5 Å². The van der Waals surface area contributed by atoms with Crippen LogP contribution in [0.2, 0.25) is 0 Å². The summed E-state index contributed by atoms with van der Waals surface area (Å²) in [6.45, 7) is 18.8. The molecule has 5 aliphatic carbocycles. The molecule has 0 saturated heterocycles. The fourth-order valence-corrected chi connectivity index (χ4v) is 12.8. The Morgan fingerprint density at radius 3 is 1.77 bits per heavy atom. The van der Waals surface area contributed by atoms with Crippen LogP contribution in [0.4, 0.5) is 0 Å². The van der Waals surface area contributed by atoms with Gasteiger partial charge < -0.3 is 19.3 Å². The largest absolute Gasteiger partial charge is 0.465 e. The number of ether oxygens (including phenoxy) is 3. The third-order valence-corrected chi connectivity index (χ3v) is 14.4. The highest BCUT2D eigenvalue weighted by molar-refractivity contribution is 5.67. The van der Waals surface area contributed by atoms with Crippen molar-refractivity contribution in [2.45, 2.75) is 151 Å². The van der Waals surface area contributed by atoms with E-state index >= 15 is 0 Å². The first-order valence-electron chi connectivity index (χ1n) is 17.0. The van der Waals surface area contributed by atoms with E-state index in [2.05, 4.69) is 41.5 Å². The van der Waals surface area contributed by atoms with Crippen LogP contribution >= 0.6 is 0 Å². The molecule has 5 saturated carbocycles. The number of carbonyl (C=O) groups is 3. The highest BCUT2D eigenvalue weighted by atomic mass is 16.6. The summed E-state index contributed by atoms with van der Waals surface area (Å²) in [6.07, 6.45) is 9.80. The minimum absolute atomic E-state index is 0.000972. The minimum Gasteiger partial charge on any atom is -0.465 e. The van der Waals surface area contributed by atoms with Gasteiger partial charge in [0.25, 0.3) is 0 Å². The molecule has 43 heavy (non-hydrogen) atoms. The summed E-state index contributed by atoms with van der Waals surface area (Å²) >= 11 is 0. The van der Waals surface area contributed by atoms with Gasteiger partial charge in [-0.15, -0.1) is 0 Å². The lowest BCUT2D eigenvalue weighted by Gasteiger charge is -2.65. The lowest BCUT2D eigenvalue weighted by Crippen LogP contribution is -2.63. The van der Waals surface area contributed by atoms with Crippen molar-refractivity contribution in [1.29, 1.82) is 0 Å². The molecule has 11 atom stereocenters. The first kappa shape index (κ1) is 32.8. The van der Waals surface area contributed by atoms with E-state index in [1.165, 1.54) is 20.8 Å². The number of esters is 3. The Labute approximate surface area is 259 Å². The SMILES string of the molecule is CC(=O)OC[C@]1(C)[C@@H]2CC[C@@]3(C)C[C@@]4(O)CC[C@H]5C(C)(C)[C@@H](OC(C)=O)CC[C@]5(C)[C@H]4CC[C@@H]3[C@@]2(C)CC[C@@H]1OC(C)=O. The fourth-order valence-electron chi connectivity index (χ4n) is 12.8. The number of fused-ring (bicyclic) bond motifs is 6. The molecular weight excluding hydrogens is 544 g/mol. The van der Waals surface area contributed by atoms with Gasteiger partial charge in [0.1, 0.15) is 18.8 Å². The quantitative estimate of drug-likeness (QED) is 0.273. The monoisotopic (exact) mass is 602 g/mol. The highest BCUT2D eigenvalue weighted by Crippen LogP contribution is 2.72. The topological polar surface area (TPSA) is 99.1 Å². The van der Waals surface area contributed by atoms with Gasteiger partial charge in [-0.25, -0.2) is 0 Å². The average molecular weight is 603 g/mol. The fraction of sp³-hybridized carbons (Fsp3) is 0.917. The van der Waals surface area contributed by atoms with Gasteiger partial charge in [0.05, 0.1) is 5.60 Å². The summed E-state index contributed by atoms with van der Waals surface area (Å²) < 4.78 is 17.5. The van der Waals surface area contributed by atoms with Crippen LogP contribution in [0, 0.1) is 50.7 Å². The van der Waals surface area contributed by atoms with Crippen LogP contribution in [0.5, 0.6) is 0 Å². The van der Waals surface area contributed by atoms with Crippen molar-refractivity contribution in [1.82, 2.24) is 0 Å². The molecule has 0 amide bonds. The second-order valence-corrected chi connectivity index (χ2v) is 17.2. The first-order chi connectivity index (χ1) is 19.8. The van der Waals surface area contributed by atoms with E-state index in [0.29, 0.717) is 11.8 Å². The zero-order chi connectivity index (χ0) is 31.8. The molecule has 0 unspecified atom stereocenters. The van der Waals surface area contributed by atoms with Crippen molar-refractivity contribution in [3.63, 3.8) is 0 Å². The predicted molar refractivity (Wildman–Crippen MR) is 164 cm³/mol. The summed E-state index contributed by atoms with van der Waals surface area (Å²) in [6, 6.07) is 0. The van der Waals surface area contributed by atoms with E-state index in [4.69, 9.17) is 14.2 Å². The molecule has 0 aliphatic heterocycles. The summed E-state index contributed by atoms with van der Waals surface area (Å²) in [5.74, 6) is 0.454. The predicted octanol–water partition coefficient (Wildman–Crippen LogP) is 7.02. The van der Waals surface area contributed by atoms with Crippen molar-refractivity contribution in [3.8, 4) is 0 Å². The summed E-state index contributed by atoms with van der Waals surface area (Å²) in [4.78, 5) is 36.1. The van der Waals surface area contributed by atoms with Crippen molar-refractivity contribution < 1.29 is 33.7 Å². The van der Waals surface area contributed by atoms with Crippen LogP contribution in [0.1, 0.15) is 133 Å². The van der Waals surface area contributed by atoms with Crippen LogP contribution in [0.3, 0.4) is 0 Å². The van der Waals surface area contributed by atoms with Crippen LogP contribution < -0.4 is 0 Å². The Morgan fingerprint density at radius 2 is 1.16 bits per heavy atom. The number of aliphatic hydroxyl groups is 1. The summed E-state index contributed by atoms with van der Waals surface area (Å²) in [5.41, 5.74) is -1.36. The van der Waals surface area contributed by atoms with Gasteiger partial charge in [-0.05, 0) is 111 Å². The zero-order valence-electron chi connectivity index (χ0n) is 28.3. The molecule has 0 aromatic carbocycles. The third-order valence-electron chi connectivity index (χ3n) is 14.4. The van der Waals surface area contributed by atoms with Crippen molar-refractivity contribution in [2.75, 3.05) is 6.61 Å². The maximum Gasteiger partial charge on any atom is 0.302 e. The molecule has 0 bridgehead atoms. The molecule has 0 radical (unpaired) electrons. The average Bonchev–Trinajstić information content (AvgIpc) is 3.00. The van der Waals surface area contributed by atoms with E-state index in [-0.39, 0.29) is 70.2 Å². The van der Waals surface area contributed by atoms with Crippen molar-refractivity contribution >= 4 is 17.9 Å². The number of hydrogen-bond acceptors (Lipinski definition) is 7. The van der Waals surface area contributed by atoms with Crippen LogP contribution in [0.25, 0.3) is 0 Å². The van der Waals surface area contributed by atoms with Gasteiger partial charge in [0, 0.05) is 31.6 Å². The van der Waals surface area contributed by atoms with Gasteiger partial charge in [-0.2, -0.15) is 0 Å². The first-order valence-corrected chi connectivity index (χ1v) is 17.0. The lowest BCUT2D eigenvalue weighted by molar-refractivity contribution is -0.223. The second-order valence-electron chi connectivity index (χ2n) is 17.2. The van der Waals surface area contributed by atoms with E-state index in [0.717, 1.165) is 70.6 Å². The Kier molecular flexibility index (Phi) is 8.17. The normalized spacial score (nSPS) is 48.7. The number of hydrogen-bond donors (Lipinski definition) is 1. The lowest BCUT2D eigenvalue weighted by atomic mass is 9.41. The van der Waals surface area contributed by atoms with E-state index in [1.54, 1.807) is 0 Å². The summed E-state index contributed by atoms with van der Waals surface area (Å²) in [7, 11) is 0. The van der Waals surface area contributed by atoms with Crippen molar-refractivity contribution in [3.05, 3.63) is 0 Å². The molecule has 7 nitrogen and oxygen atoms in total. The molecule has 5 rings (SSSR count). The minimum atomic E-state index is -0.710. The smallest absolute Gasteiger partial charge is 0.302 e. The van der Waals surface area contributed by atoms with Crippen molar-refractivity contribution in [2.24, 2.45) is 50.7 Å². The van der Waals surface area contributed by atoms with Crippen LogP contribution in [0.15, 0.2) is 0 Å². The van der Waals surface area contributed by atoms with E-state index in [1.807, 2.05) is 0 Å². The molecule has 244 valence electrons. The molecule has 0 aromatic rings. The molecule has 0 aromatic heterocycles. The molecule has 1 N–H and O–H groups in total. The number of carbonyl (C=O) groups excluding carboxylic acids is 3. The third kappa shape index (κ3) is 5.16. The van der Waals surface area contributed by atoms with Gasteiger partial charge in [-0.1, -0.05) is 41.5 Å². The standard InChI is InChI=1S/C36H58O7/c1-22(37)41-21-35(9)27-12-16-32(6)20-36(40)19-13-25-31(4,5)29(42-23(2)38)14-17-33(25,7)28(36)11-10-26(32)34(27,8)18-15-30(35)43-24(3)39/h25-30,40H,10-21H2,1-9H3/t25-,26-,27+,28+,29-,30-,32-,33-,34+,35+,36-/m0/s1. The van der Waals surface area contributed by atoms with Gasteiger partial charge in [-0.3, -0.25) is 14.4 Å². The number of rotatable bonds is 4. The zero-order valence-corrected chi connectivity index (χ0v) is 28.3. The molecule has 5 aliphatic rings. The van der Waals surface area contributed by atoms with Gasteiger partial charge >= 0.3 is 17.9 Å². The second kappa shape index (κ2) is 10.7. The Balaban J connectivity index is 1.48. The molecule has 0 heterocycles. The van der Waals surface area contributed by atoms with Gasteiger partial charge in [0.2, 0.25) is 0 Å². The Hall–Kier alpha value is -1.63. The molecule has 5 fully saturated rings. The molecule has 0 spiro atoms.